The molecule has 4 N–H and O–H groups in total. The molecule has 0 aliphatic rings. The summed E-state index contributed by atoms with van der Waals surface area (Å²) in [6.07, 6.45) is -0.0521. The zero-order chi connectivity index (χ0) is 25.6. The first-order chi connectivity index (χ1) is 14.9. The molecule has 1 aromatic rings. The van der Waals surface area contributed by atoms with Crippen LogP contribution in [0, 0.1) is 13.3 Å². The second-order valence-corrected chi connectivity index (χ2v) is 12.2. The van der Waals surface area contributed by atoms with E-state index in [-0.39, 0.29) is 63.5 Å². The Balaban J connectivity index is 0.0000109. The summed E-state index contributed by atoms with van der Waals surface area (Å²) in [5.41, 5.74) is 2.22. The van der Waals surface area contributed by atoms with Gasteiger partial charge in [0.2, 0.25) is 0 Å². The van der Waals surface area contributed by atoms with Gasteiger partial charge in [0.1, 0.15) is 18.3 Å². The van der Waals surface area contributed by atoms with Crippen LogP contribution in [0.3, 0.4) is 0 Å². The van der Waals surface area contributed by atoms with Crippen LogP contribution in [-0.2, 0) is 63.3 Å². The van der Waals surface area contributed by atoms with E-state index in [1.807, 2.05) is 33.8 Å². The van der Waals surface area contributed by atoms with Gasteiger partial charge in [-0.3, -0.25) is 20.5 Å². The predicted octanol–water partition coefficient (Wildman–Crippen LogP) is 3.06. The molecule has 0 amide bonds. The summed E-state index contributed by atoms with van der Waals surface area (Å²) in [5, 5.41) is 0. The number of carbonyl (C=O) groups is 1. The molecule has 0 saturated heterocycles. The summed E-state index contributed by atoms with van der Waals surface area (Å²) < 4.78 is 34.0. The van der Waals surface area contributed by atoms with Gasteiger partial charge in [-0.15, -0.1) is 0 Å². The van der Waals surface area contributed by atoms with Crippen molar-refractivity contribution in [3.05, 3.63) is 47.4 Å². The van der Waals surface area contributed by atoms with E-state index >= 15 is 0 Å². The number of esters is 1. The Bertz CT molecular complexity index is 926. The van der Waals surface area contributed by atoms with Gasteiger partial charge >= 0.3 is 21.2 Å². The van der Waals surface area contributed by atoms with Crippen LogP contribution in [0.25, 0.3) is 0 Å². The maximum atomic E-state index is 11.6. The van der Waals surface area contributed by atoms with Gasteiger partial charge in [0.25, 0.3) is 0 Å². The molecule has 10 nitrogen and oxygen atoms in total. The van der Waals surface area contributed by atoms with Crippen molar-refractivity contribution in [3.63, 3.8) is 0 Å². The minimum Gasteiger partial charge on any atom is -0.524 e. The van der Waals surface area contributed by atoms with Gasteiger partial charge in [-0.2, -0.15) is 0 Å². The van der Waals surface area contributed by atoms with Gasteiger partial charge < -0.3 is 29.0 Å². The number of rotatable bonds is 12. The molecular formula is C21H34NO9P2Y-. The Morgan fingerprint density at radius 3 is 2.06 bits per heavy atom. The first kappa shape index (κ1) is 33.6. The molecule has 0 atom stereocenters. The SMILES string of the molecule is C=C(C)C(=O)OC[CH-]COc1c(C)cc(C(C)(C)C)cc1CN(CP(=O)(O)O)CP(=O)(O)O.[Y]. The summed E-state index contributed by atoms with van der Waals surface area (Å²) in [5.74, 6) is -0.102. The Morgan fingerprint density at radius 1 is 1.09 bits per heavy atom. The van der Waals surface area contributed by atoms with Crippen LogP contribution >= 0.6 is 15.2 Å². The molecular weight excluding hydrogens is 561 g/mol. The second-order valence-electron chi connectivity index (χ2n) is 8.95. The van der Waals surface area contributed by atoms with Crippen LogP contribution in [0.5, 0.6) is 5.75 Å². The fourth-order valence-electron chi connectivity index (χ4n) is 2.96. The quantitative estimate of drug-likeness (QED) is 0.0933. The molecule has 13 heteroatoms. The monoisotopic (exact) mass is 595 g/mol. The van der Waals surface area contributed by atoms with Crippen LogP contribution in [0.2, 0.25) is 0 Å². The molecule has 0 spiro atoms. The van der Waals surface area contributed by atoms with Gasteiger partial charge in [-0.25, -0.2) is 4.79 Å². The number of nitrogens with zero attached hydrogens (tertiary/aromatic N) is 1. The average molecular weight is 595 g/mol. The molecule has 0 bridgehead atoms. The van der Waals surface area contributed by atoms with Crippen molar-refractivity contribution < 1.29 is 75.7 Å². The maximum Gasteiger partial charge on any atom is 0.339 e. The van der Waals surface area contributed by atoms with Crippen molar-refractivity contribution in [2.24, 2.45) is 0 Å². The van der Waals surface area contributed by atoms with Gasteiger partial charge in [0.05, 0.1) is 0 Å². The normalized spacial score (nSPS) is 12.3. The fourth-order valence-corrected chi connectivity index (χ4v) is 4.56. The molecule has 0 aliphatic heterocycles. The van der Waals surface area contributed by atoms with Crippen molar-refractivity contribution in [1.29, 1.82) is 0 Å². The zero-order valence-corrected chi connectivity index (χ0v) is 24.9. The van der Waals surface area contributed by atoms with E-state index in [9.17, 15) is 33.5 Å². The number of benzene rings is 1. The second kappa shape index (κ2) is 13.8. The van der Waals surface area contributed by atoms with E-state index in [0.29, 0.717) is 11.3 Å². The van der Waals surface area contributed by atoms with Crippen LogP contribution in [-0.4, -0.2) is 56.2 Å². The summed E-state index contributed by atoms with van der Waals surface area (Å²) in [6, 6.07) is 3.73. The Morgan fingerprint density at radius 2 is 1.62 bits per heavy atom. The Labute approximate surface area is 226 Å². The summed E-state index contributed by atoms with van der Waals surface area (Å²) in [7, 11) is -9.17. The molecule has 34 heavy (non-hydrogen) atoms. The average Bonchev–Trinajstić information content (AvgIpc) is 2.58. The largest absolute Gasteiger partial charge is 0.524 e. The van der Waals surface area contributed by atoms with Gasteiger partial charge in [0.15, 0.2) is 0 Å². The van der Waals surface area contributed by atoms with Crippen LogP contribution in [0.1, 0.15) is 44.4 Å². The van der Waals surface area contributed by atoms with E-state index in [1.54, 1.807) is 12.5 Å². The van der Waals surface area contributed by atoms with E-state index in [4.69, 9.17) is 9.47 Å². The number of ether oxygens (including phenoxy) is 2. The first-order valence-electron chi connectivity index (χ1n) is 10.1. The van der Waals surface area contributed by atoms with Crippen molar-refractivity contribution in [3.8, 4) is 5.75 Å². The molecule has 0 aromatic heterocycles. The molecule has 0 saturated carbocycles. The molecule has 0 aliphatic carbocycles. The zero-order valence-electron chi connectivity index (χ0n) is 20.2. The number of aryl methyl sites for hydroxylation is 1. The minimum atomic E-state index is -4.58. The molecule has 1 aromatic carbocycles. The Hall–Kier alpha value is -0.406. The standard InChI is InChI=1S/C21H34NO9P2.Y/c1-15(2)20(23)31-9-7-8-30-19-16(3)10-18(21(4,5)6)11-17(19)12-22(13-32(24,25)26)14-33(27,28)29;/h7,10-11H,1,8-9,12-14H2,2-6H3,(H2,24,25,26)(H2,27,28,29);/q-1;. The predicted molar refractivity (Wildman–Crippen MR) is 125 cm³/mol. The van der Waals surface area contributed by atoms with Crippen molar-refractivity contribution in [2.75, 3.05) is 25.8 Å². The molecule has 0 unspecified atom stereocenters. The van der Waals surface area contributed by atoms with E-state index < -0.39 is 33.7 Å². The first-order valence-corrected chi connectivity index (χ1v) is 13.7. The van der Waals surface area contributed by atoms with Crippen LogP contribution < -0.4 is 4.74 Å². The van der Waals surface area contributed by atoms with Gasteiger partial charge in [0, 0.05) is 50.4 Å². The third-order valence-electron chi connectivity index (χ3n) is 4.41. The summed E-state index contributed by atoms with van der Waals surface area (Å²) in [6.45, 7) is 12.8. The summed E-state index contributed by atoms with van der Waals surface area (Å²) >= 11 is 0. The maximum absolute atomic E-state index is 11.6. The molecule has 1 rings (SSSR count). The number of hydrogen-bond donors (Lipinski definition) is 4. The summed E-state index contributed by atoms with van der Waals surface area (Å²) in [4.78, 5) is 50.0. The topological polar surface area (TPSA) is 154 Å². The molecule has 191 valence electrons. The minimum absolute atomic E-state index is 0. The fraction of sp³-hybridized carbons (Fsp3) is 0.524. The number of carbonyl (C=O) groups excluding carboxylic acids is 1. The van der Waals surface area contributed by atoms with Crippen molar-refractivity contribution in [1.82, 2.24) is 4.90 Å². The molecule has 0 fully saturated rings. The Kier molecular flexibility index (Phi) is 13.6. The smallest absolute Gasteiger partial charge is 0.339 e. The van der Waals surface area contributed by atoms with Crippen molar-refractivity contribution in [2.45, 2.75) is 46.6 Å². The van der Waals surface area contributed by atoms with Gasteiger partial charge in [-0.05, 0) is 43.6 Å². The number of hydrogen-bond acceptors (Lipinski definition) is 6. The van der Waals surface area contributed by atoms with E-state index in [0.717, 1.165) is 16.0 Å². The van der Waals surface area contributed by atoms with Crippen molar-refractivity contribution >= 4 is 21.2 Å². The van der Waals surface area contributed by atoms with E-state index in [2.05, 4.69) is 6.58 Å². The van der Waals surface area contributed by atoms with Crippen LogP contribution in [0.4, 0.5) is 0 Å². The van der Waals surface area contributed by atoms with Crippen LogP contribution in [0.15, 0.2) is 24.3 Å². The van der Waals surface area contributed by atoms with Gasteiger partial charge in [-0.1, -0.05) is 39.5 Å². The molecule has 0 heterocycles. The van der Waals surface area contributed by atoms with E-state index in [1.165, 1.54) is 6.92 Å². The third kappa shape index (κ3) is 13.1. The third-order valence-corrected chi connectivity index (χ3v) is 5.94. The molecule has 1 radical (unpaired) electrons.